The van der Waals surface area contributed by atoms with E-state index in [9.17, 15) is 0 Å². The number of methoxy groups -OCH3 is 2. The Bertz CT molecular complexity index is 562. The van der Waals surface area contributed by atoms with E-state index in [2.05, 4.69) is 14.9 Å². The molecular weight excluding hydrogens is 325 g/mol. The van der Waals surface area contributed by atoms with Crippen LogP contribution in [0.3, 0.4) is 0 Å². The normalized spacial score (nSPS) is 10.1. The number of nitrogens with zero attached hydrogens (tertiary/aromatic N) is 2. The zero-order chi connectivity index (χ0) is 15.1. The number of aromatic nitrogens is 2. The maximum atomic E-state index is 6.18. The van der Waals surface area contributed by atoms with Crippen molar-refractivity contribution < 1.29 is 9.47 Å². The number of imidazole rings is 1. The van der Waals surface area contributed by atoms with Crippen LogP contribution < -0.4 is 14.8 Å². The van der Waals surface area contributed by atoms with Gasteiger partial charge in [0.15, 0.2) is 11.5 Å². The molecule has 5 nitrogen and oxygen atoms in total. The van der Waals surface area contributed by atoms with Gasteiger partial charge < -0.3 is 19.4 Å². The standard InChI is InChI=1S/C15H20ClN3O2.ClH/c1-20-14-9-12(8-13(16)15(14)21-2)10-17-4-3-6-19-7-5-18-11-19;/h5,7-9,11,17H,3-4,6,10H2,1-2H3;1H. The Morgan fingerprint density at radius 1 is 1.27 bits per heavy atom. The number of halogens is 2. The molecule has 0 radical (unpaired) electrons. The summed E-state index contributed by atoms with van der Waals surface area (Å²) >= 11 is 6.18. The summed E-state index contributed by atoms with van der Waals surface area (Å²) in [6.07, 6.45) is 6.62. The molecule has 0 spiro atoms. The highest BCUT2D eigenvalue weighted by Crippen LogP contribution is 2.35. The summed E-state index contributed by atoms with van der Waals surface area (Å²) in [6, 6.07) is 3.83. The lowest BCUT2D eigenvalue weighted by Gasteiger charge is -2.12. The fourth-order valence-corrected chi connectivity index (χ4v) is 2.42. The maximum Gasteiger partial charge on any atom is 0.179 e. The molecule has 1 aromatic heterocycles. The van der Waals surface area contributed by atoms with Crippen LogP contribution in [0.1, 0.15) is 12.0 Å². The molecule has 0 amide bonds. The van der Waals surface area contributed by atoms with Crippen LogP contribution in [0.25, 0.3) is 0 Å². The molecule has 0 aliphatic carbocycles. The van der Waals surface area contributed by atoms with Crippen molar-refractivity contribution in [1.82, 2.24) is 14.9 Å². The van der Waals surface area contributed by atoms with Gasteiger partial charge in [-0.3, -0.25) is 0 Å². The van der Waals surface area contributed by atoms with Crippen molar-refractivity contribution in [2.45, 2.75) is 19.5 Å². The van der Waals surface area contributed by atoms with E-state index >= 15 is 0 Å². The topological polar surface area (TPSA) is 48.3 Å². The molecule has 22 heavy (non-hydrogen) atoms. The molecule has 1 N–H and O–H groups in total. The van der Waals surface area contributed by atoms with Gasteiger partial charge in [-0.15, -0.1) is 12.4 Å². The van der Waals surface area contributed by atoms with Gasteiger partial charge in [-0.05, 0) is 30.7 Å². The van der Waals surface area contributed by atoms with Gasteiger partial charge in [-0.25, -0.2) is 4.98 Å². The Morgan fingerprint density at radius 2 is 2.09 bits per heavy atom. The molecule has 0 fully saturated rings. The highest BCUT2D eigenvalue weighted by Gasteiger charge is 2.10. The summed E-state index contributed by atoms with van der Waals surface area (Å²) in [4.78, 5) is 4.02. The molecule has 0 aliphatic heterocycles. The minimum absolute atomic E-state index is 0. The second kappa shape index (κ2) is 9.56. The quantitative estimate of drug-likeness (QED) is 0.746. The van der Waals surface area contributed by atoms with E-state index < -0.39 is 0 Å². The molecule has 7 heteroatoms. The van der Waals surface area contributed by atoms with Gasteiger partial charge >= 0.3 is 0 Å². The maximum absolute atomic E-state index is 6.18. The molecule has 1 heterocycles. The summed E-state index contributed by atoms with van der Waals surface area (Å²) in [5.74, 6) is 1.23. The van der Waals surface area contributed by atoms with Crippen molar-refractivity contribution in [3.05, 3.63) is 41.4 Å². The lowest BCUT2D eigenvalue weighted by atomic mass is 10.2. The van der Waals surface area contributed by atoms with Crippen molar-refractivity contribution in [2.75, 3.05) is 20.8 Å². The molecule has 0 saturated heterocycles. The first-order valence-electron chi connectivity index (χ1n) is 6.81. The molecule has 0 saturated carbocycles. The number of hydrogen-bond donors (Lipinski definition) is 1. The van der Waals surface area contributed by atoms with Crippen LogP contribution in [0.4, 0.5) is 0 Å². The second-order valence-electron chi connectivity index (χ2n) is 4.64. The molecule has 0 bridgehead atoms. The number of ether oxygens (including phenoxy) is 2. The third kappa shape index (κ3) is 5.09. The van der Waals surface area contributed by atoms with Crippen LogP contribution in [-0.2, 0) is 13.1 Å². The lowest BCUT2D eigenvalue weighted by Crippen LogP contribution is -2.16. The van der Waals surface area contributed by atoms with E-state index in [4.69, 9.17) is 21.1 Å². The molecule has 1 aromatic carbocycles. The van der Waals surface area contributed by atoms with Crippen LogP contribution in [0.2, 0.25) is 5.02 Å². The second-order valence-corrected chi connectivity index (χ2v) is 5.05. The van der Waals surface area contributed by atoms with Gasteiger partial charge in [0.05, 0.1) is 25.6 Å². The van der Waals surface area contributed by atoms with E-state index in [0.717, 1.165) is 31.6 Å². The van der Waals surface area contributed by atoms with Gasteiger partial charge in [0, 0.05) is 25.5 Å². The third-order valence-corrected chi connectivity index (χ3v) is 3.43. The van der Waals surface area contributed by atoms with E-state index in [-0.39, 0.29) is 12.4 Å². The van der Waals surface area contributed by atoms with Crippen LogP contribution >= 0.6 is 24.0 Å². The summed E-state index contributed by atoms with van der Waals surface area (Å²) in [5.41, 5.74) is 1.07. The van der Waals surface area contributed by atoms with Crippen LogP contribution in [0.15, 0.2) is 30.9 Å². The number of nitrogens with one attached hydrogen (secondary N) is 1. The van der Waals surface area contributed by atoms with Crippen LogP contribution in [0.5, 0.6) is 11.5 Å². The van der Waals surface area contributed by atoms with Gasteiger partial charge in [0.2, 0.25) is 0 Å². The summed E-state index contributed by atoms with van der Waals surface area (Å²) in [5, 5.41) is 3.95. The zero-order valence-electron chi connectivity index (χ0n) is 12.7. The van der Waals surface area contributed by atoms with Crippen molar-refractivity contribution in [3.63, 3.8) is 0 Å². The first-order valence-corrected chi connectivity index (χ1v) is 7.19. The lowest BCUT2D eigenvalue weighted by molar-refractivity contribution is 0.354. The Hall–Kier alpha value is -1.43. The average Bonchev–Trinajstić information content (AvgIpc) is 2.99. The number of benzene rings is 1. The molecule has 2 rings (SSSR count). The van der Waals surface area contributed by atoms with Gasteiger partial charge in [0.25, 0.3) is 0 Å². The Morgan fingerprint density at radius 3 is 2.73 bits per heavy atom. The average molecular weight is 346 g/mol. The molecule has 0 atom stereocenters. The van der Waals surface area contributed by atoms with Crippen molar-refractivity contribution in [3.8, 4) is 11.5 Å². The van der Waals surface area contributed by atoms with E-state index in [1.807, 2.05) is 24.7 Å². The minimum Gasteiger partial charge on any atom is -0.493 e. The van der Waals surface area contributed by atoms with Gasteiger partial charge in [-0.2, -0.15) is 0 Å². The predicted molar refractivity (Wildman–Crippen MR) is 90.4 cm³/mol. The minimum atomic E-state index is 0. The van der Waals surface area contributed by atoms with Crippen LogP contribution in [-0.4, -0.2) is 30.3 Å². The number of rotatable bonds is 8. The fraction of sp³-hybridized carbons (Fsp3) is 0.400. The molecule has 2 aromatic rings. The highest BCUT2D eigenvalue weighted by atomic mass is 35.5. The first-order chi connectivity index (χ1) is 10.2. The van der Waals surface area contributed by atoms with E-state index in [1.165, 1.54) is 0 Å². The molecule has 0 unspecified atom stereocenters. The van der Waals surface area contributed by atoms with Crippen molar-refractivity contribution >= 4 is 24.0 Å². The Kier molecular flexibility index (Phi) is 8.09. The molecule has 0 aliphatic rings. The smallest absolute Gasteiger partial charge is 0.179 e. The van der Waals surface area contributed by atoms with Crippen molar-refractivity contribution in [1.29, 1.82) is 0 Å². The first kappa shape index (κ1) is 18.6. The SMILES string of the molecule is COc1cc(CNCCCn2ccnc2)cc(Cl)c1OC.Cl. The number of aryl methyl sites for hydroxylation is 1. The molecule has 122 valence electrons. The third-order valence-electron chi connectivity index (χ3n) is 3.15. The van der Waals surface area contributed by atoms with E-state index in [1.54, 1.807) is 20.4 Å². The highest BCUT2D eigenvalue weighted by molar-refractivity contribution is 6.32. The van der Waals surface area contributed by atoms with E-state index in [0.29, 0.717) is 16.5 Å². The van der Waals surface area contributed by atoms with Crippen LogP contribution in [0, 0.1) is 0 Å². The zero-order valence-corrected chi connectivity index (χ0v) is 14.3. The summed E-state index contributed by atoms with van der Waals surface area (Å²) in [6.45, 7) is 2.62. The largest absolute Gasteiger partial charge is 0.493 e. The monoisotopic (exact) mass is 345 g/mol. The van der Waals surface area contributed by atoms with Crippen molar-refractivity contribution in [2.24, 2.45) is 0 Å². The summed E-state index contributed by atoms with van der Waals surface area (Å²) in [7, 11) is 3.19. The number of hydrogen-bond acceptors (Lipinski definition) is 4. The summed E-state index contributed by atoms with van der Waals surface area (Å²) < 4.78 is 12.6. The predicted octanol–water partition coefficient (Wildman–Crippen LogP) is 3.16. The van der Waals surface area contributed by atoms with Gasteiger partial charge in [0.1, 0.15) is 0 Å². The molecular formula is C15H21Cl2N3O2. The van der Waals surface area contributed by atoms with Gasteiger partial charge in [-0.1, -0.05) is 11.6 Å². The fourth-order valence-electron chi connectivity index (χ4n) is 2.11. The Labute approximate surface area is 142 Å². The Balaban J connectivity index is 0.00000242.